The highest BCUT2D eigenvalue weighted by molar-refractivity contribution is 5.94. The van der Waals surface area contributed by atoms with Crippen molar-refractivity contribution in [3.05, 3.63) is 113 Å². The Balaban J connectivity index is 1.40. The molecule has 4 aromatic rings. The predicted octanol–water partition coefficient (Wildman–Crippen LogP) is 5.47. The highest BCUT2D eigenvalue weighted by Gasteiger charge is 2.13. The number of hydrogen-bond acceptors (Lipinski definition) is 4. The summed E-state index contributed by atoms with van der Waals surface area (Å²) >= 11 is 0. The van der Waals surface area contributed by atoms with Gasteiger partial charge in [-0.2, -0.15) is 10.2 Å². The van der Waals surface area contributed by atoms with Crippen molar-refractivity contribution in [2.75, 3.05) is 0 Å². The number of carbonyl (C=O) groups excluding carboxylic acids is 1. The Bertz CT molecular complexity index is 1260. The Kier molecular flexibility index (Phi) is 7.08. The number of nitrogens with one attached hydrogen (secondary N) is 2. The summed E-state index contributed by atoms with van der Waals surface area (Å²) in [5.74, 6) is 0.319. The molecule has 0 atom stereocenters. The lowest BCUT2D eigenvalue weighted by atomic mass is 10.1. The second-order valence-electron chi connectivity index (χ2n) is 7.44. The molecule has 2 N–H and O–H groups in total. The maximum atomic E-state index is 12.5. The molecule has 0 aliphatic heterocycles. The monoisotopic (exact) mass is 436 g/mol. The van der Waals surface area contributed by atoms with Crippen LogP contribution in [0, 0.1) is 0 Å². The fourth-order valence-corrected chi connectivity index (χ4v) is 3.22. The molecule has 0 spiro atoms. The molecule has 1 heterocycles. The minimum atomic E-state index is -0.375. The van der Waals surface area contributed by atoms with Crippen molar-refractivity contribution in [2.45, 2.75) is 13.5 Å². The lowest BCUT2D eigenvalue weighted by Gasteiger charge is -2.10. The van der Waals surface area contributed by atoms with Gasteiger partial charge in [0, 0.05) is 5.56 Å². The third-order valence-electron chi connectivity index (χ3n) is 4.85. The first kappa shape index (κ1) is 21.8. The van der Waals surface area contributed by atoms with E-state index in [2.05, 4.69) is 20.7 Å². The molecule has 33 heavy (non-hydrogen) atoms. The zero-order chi connectivity index (χ0) is 22.9. The van der Waals surface area contributed by atoms with E-state index in [0.717, 1.165) is 22.3 Å². The molecule has 6 heteroatoms. The number of aromatic amines is 1. The second kappa shape index (κ2) is 10.7. The van der Waals surface area contributed by atoms with Crippen LogP contribution in [0.5, 0.6) is 5.75 Å². The first-order valence-corrected chi connectivity index (χ1v) is 10.6. The SMILES string of the molecule is CC(/C=N\NC(=O)c1cc(-c2ccccc2OCc2ccccc2)n[nH]1)=C\c1ccccc1. The number of rotatable bonds is 8. The number of hydrogen-bond donors (Lipinski definition) is 2. The van der Waals surface area contributed by atoms with Gasteiger partial charge in [-0.05, 0) is 41.8 Å². The summed E-state index contributed by atoms with van der Waals surface area (Å²) in [4.78, 5) is 12.5. The van der Waals surface area contributed by atoms with Gasteiger partial charge in [0.05, 0.1) is 11.9 Å². The summed E-state index contributed by atoms with van der Waals surface area (Å²) in [5, 5.41) is 11.1. The van der Waals surface area contributed by atoms with Gasteiger partial charge in [0.15, 0.2) is 0 Å². The van der Waals surface area contributed by atoms with Crippen molar-refractivity contribution < 1.29 is 9.53 Å². The maximum absolute atomic E-state index is 12.5. The van der Waals surface area contributed by atoms with Crippen LogP contribution in [0.4, 0.5) is 0 Å². The Morgan fingerprint density at radius 2 is 1.70 bits per heavy atom. The molecule has 1 amide bonds. The van der Waals surface area contributed by atoms with E-state index in [9.17, 15) is 4.79 Å². The Morgan fingerprint density at radius 1 is 1.00 bits per heavy atom. The molecule has 0 saturated heterocycles. The zero-order valence-corrected chi connectivity index (χ0v) is 18.2. The average Bonchev–Trinajstić information content (AvgIpc) is 3.34. The molecule has 4 rings (SSSR count). The number of nitrogens with zero attached hydrogens (tertiary/aromatic N) is 2. The van der Waals surface area contributed by atoms with Gasteiger partial charge in [0.1, 0.15) is 18.1 Å². The lowest BCUT2D eigenvalue weighted by molar-refractivity contribution is 0.0950. The molecule has 1 aromatic heterocycles. The van der Waals surface area contributed by atoms with Gasteiger partial charge in [0.25, 0.3) is 5.91 Å². The van der Waals surface area contributed by atoms with Crippen LogP contribution in [-0.4, -0.2) is 22.3 Å². The molecule has 0 aliphatic carbocycles. The van der Waals surface area contributed by atoms with E-state index in [1.165, 1.54) is 0 Å². The van der Waals surface area contributed by atoms with Gasteiger partial charge >= 0.3 is 0 Å². The summed E-state index contributed by atoms with van der Waals surface area (Å²) < 4.78 is 6.00. The number of benzene rings is 3. The van der Waals surface area contributed by atoms with Gasteiger partial charge in [-0.1, -0.05) is 78.9 Å². The van der Waals surface area contributed by atoms with Crippen LogP contribution in [0.15, 0.2) is 102 Å². The molecule has 0 bridgehead atoms. The van der Waals surface area contributed by atoms with E-state index in [1.54, 1.807) is 12.3 Å². The van der Waals surface area contributed by atoms with Crippen LogP contribution >= 0.6 is 0 Å². The molecule has 0 saturated carbocycles. The molecule has 0 unspecified atom stereocenters. The molecule has 0 aliphatic rings. The van der Waals surface area contributed by atoms with Crippen LogP contribution in [0.25, 0.3) is 17.3 Å². The molecule has 3 aromatic carbocycles. The number of aromatic nitrogens is 2. The summed E-state index contributed by atoms with van der Waals surface area (Å²) in [5.41, 5.74) is 7.31. The molecule has 164 valence electrons. The highest BCUT2D eigenvalue weighted by atomic mass is 16.5. The van der Waals surface area contributed by atoms with Crippen molar-refractivity contribution in [1.29, 1.82) is 0 Å². The standard InChI is InChI=1S/C27H24N4O2/c1-20(16-21-10-4-2-5-11-21)18-28-31-27(32)25-17-24(29-30-25)23-14-8-9-15-26(23)33-19-22-12-6-3-7-13-22/h2-18H,19H2,1H3,(H,29,30)(H,31,32)/b20-16+,28-18-. The van der Waals surface area contributed by atoms with Crippen molar-refractivity contribution in [3.8, 4) is 17.0 Å². The number of hydrazone groups is 1. The van der Waals surface area contributed by atoms with Crippen LogP contribution < -0.4 is 10.2 Å². The molecule has 0 radical (unpaired) electrons. The molecule has 0 fully saturated rings. The smallest absolute Gasteiger partial charge is 0.289 e. The Labute approximate surface area is 192 Å². The molecular formula is C27H24N4O2. The quantitative estimate of drug-likeness (QED) is 0.284. The van der Waals surface area contributed by atoms with E-state index in [1.807, 2.05) is 97.9 Å². The van der Waals surface area contributed by atoms with Gasteiger partial charge in [-0.3, -0.25) is 9.89 Å². The van der Waals surface area contributed by atoms with Crippen LogP contribution in [-0.2, 0) is 6.61 Å². The predicted molar refractivity (Wildman–Crippen MR) is 131 cm³/mol. The van der Waals surface area contributed by atoms with E-state index in [4.69, 9.17) is 4.74 Å². The Morgan fingerprint density at radius 3 is 2.48 bits per heavy atom. The maximum Gasteiger partial charge on any atom is 0.289 e. The highest BCUT2D eigenvalue weighted by Crippen LogP contribution is 2.29. The van der Waals surface area contributed by atoms with Gasteiger partial charge in [0.2, 0.25) is 0 Å². The minimum absolute atomic E-state index is 0.310. The van der Waals surface area contributed by atoms with Crippen molar-refractivity contribution in [2.24, 2.45) is 5.10 Å². The van der Waals surface area contributed by atoms with Crippen molar-refractivity contribution in [1.82, 2.24) is 15.6 Å². The summed E-state index contributed by atoms with van der Waals surface area (Å²) in [6, 6.07) is 29.2. The topological polar surface area (TPSA) is 79.4 Å². The largest absolute Gasteiger partial charge is 0.488 e. The van der Waals surface area contributed by atoms with Gasteiger partial charge in [-0.25, -0.2) is 5.43 Å². The minimum Gasteiger partial charge on any atom is -0.488 e. The summed E-state index contributed by atoms with van der Waals surface area (Å²) in [6.07, 6.45) is 3.59. The van der Waals surface area contributed by atoms with Gasteiger partial charge < -0.3 is 4.74 Å². The number of para-hydroxylation sites is 1. The van der Waals surface area contributed by atoms with Crippen molar-refractivity contribution in [3.63, 3.8) is 0 Å². The third kappa shape index (κ3) is 6.04. The van der Waals surface area contributed by atoms with Crippen LogP contribution in [0.3, 0.4) is 0 Å². The number of H-pyrrole nitrogens is 1. The van der Waals surface area contributed by atoms with Gasteiger partial charge in [-0.15, -0.1) is 0 Å². The lowest BCUT2D eigenvalue weighted by Crippen LogP contribution is -2.17. The van der Waals surface area contributed by atoms with E-state index in [0.29, 0.717) is 23.7 Å². The number of amides is 1. The fraction of sp³-hybridized carbons (Fsp3) is 0.0741. The second-order valence-corrected chi connectivity index (χ2v) is 7.44. The third-order valence-corrected chi connectivity index (χ3v) is 4.85. The summed E-state index contributed by atoms with van der Waals surface area (Å²) in [7, 11) is 0. The fourth-order valence-electron chi connectivity index (χ4n) is 3.22. The van der Waals surface area contributed by atoms with Crippen LogP contribution in [0.1, 0.15) is 28.5 Å². The normalized spacial score (nSPS) is 11.5. The van der Waals surface area contributed by atoms with E-state index < -0.39 is 0 Å². The van der Waals surface area contributed by atoms with E-state index in [-0.39, 0.29) is 5.91 Å². The van der Waals surface area contributed by atoms with Crippen molar-refractivity contribution >= 4 is 18.2 Å². The van der Waals surface area contributed by atoms with Crippen LogP contribution in [0.2, 0.25) is 0 Å². The summed E-state index contributed by atoms with van der Waals surface area (Å²) in [6.45, 7) is 2.36. The number of carbonyl (C=O) groups is 1. The van der Waals surface area contributed by atoms with E-state index >= 15 is 0 Å². The molecule has 6 nitrogen and oxygen atoms in total. The number of ether oxygens (including phenoxy) is 1. The first-order valence-electron chi connectivity index (χ1n) is 10.6. The molecular weight excluding hydrogens is 412 g/mol. The Hall–Kier alpha value is -4.45. The number of allylic oxidation sites excluding steroid dienone is 1. The zero-order valence-electron chi connectivity index (χ0n) is 18.2. The average molecular weight is 437 g/mol. The first-order chi connectivity index (χ1) is 16.2.